The SMILES string of the molecule is CCCN(CCO)C(=O)NCC(C)N1CCc2sccc2C1. The number of aliphatic hydroxyl groups excluding tert-OH is 1. The molecule has 1 atom stereocenters. The van der Waals surface area contributed by atoms with Crippen LogP contribution in [0, 0.1) is 0 Å². The largest absolute Gasteiger partial charge is 0.395 e. The number of hydrogen-bond acceptors (Lipinski definition) is 4. The van der Waals surface area contributed by atoms with E-state index in [1.54, 1.807) is 4.90 Å². The van der Waals surface area contributed by atoms with Crippen LogP contribution in [-0.2, 0) is 13.0 Å². The minimum atomic E-state index is -0.0732. The van der Waals surface area contributed by atoms with Crippen molar-refractivity contribution < 1.29 is 9.90 Å². The molecule has 0 bridgehead atoms. The normalized spacial score (nSPS) is 16.1. The highest BCUT2D eigenvalue weighted by Crippen LogP contribution is 2.24. The predicted molar refractivity (Wildman–Crippen MR) is 90.2 cm³/mol. The number of aliphatic hydroxyl groups is 1. The fourth-order valence-electron chi connectivity index (χ4n) is 2.83. The maximum atomic E-state index is 12.2. The topological polar surface area (TPSA) is 55.8 Å². The van der Waals surface area contributed by atoms with Gasteiger partial charge in [-0.25, -0.2) is 4.79 Å². The van der Waals surface area contributed by atoms with E-state index in [0.29, 0.717) is 25.7 Å². The third-order valence-corrected chi connectivity index (χ3v) is 5.18. The second kappa shape index (κ2) is 8.50. The molecule has 0 saturated heterocycles. The Hall–Kier alpha value is -1.11. The lowest BCUT2D eigenvalue weighted by Crippen LogP contribution is -2.48. The van der Waals surface area contributed by atoms with E-state index in [9.17, 15) is 4.79 Å². The summed E-state index contributed by atoms with van der Waals surface area (Å²) in [6, 6.07) is 2.45. The van der Waals surface area contributed by atoms with Crippen molar-refractivity contribution in [1.82, 2.24) is 15.1 Å². The Morgan fingerprint density at radius 3 is 3.09 bits per heavy atom. The summed E-state index contributed by atoms with van der Waals surface area (Å²) in [5, 5.41) is 14.2. The van der Waals surface area contributed by atoms with Crippen LogP contribution in [0.25, 0.3) is 0 Å². The van der Waals surface area contributed by atoms with Gasteiger partial charge in [0.15, 0.2) is 0 Å². The van der Waals surface area contributed by atoms with Crippen molar-refractivity contribution in [2.75, 3.05) is 32.8 Å². The van der Waals surface area contributed by atoms with Crippen LogP contribution in [0.1, 0.15) is 30.7 Å². The number of carbonyl (C=O) groups excluding carboxylic acids is 1. The molecule has 6 heteroatoms. The van der Waals surface area contributed by atoms with Gasteiger partial charge in [-0.1, -0.05) is 6.92 Å². The molecule has 0 saturated carbocycles. The Morgan fingerprint density at radius 2 is 2.36 bits per heavy atom. The Kier molecular flexibility index (Phi) is 6.67. The van der Waals surface area contributed by atoms with Gasteiger partial charge < -0.3 is 15.3 Å². The standard InChI is InChI=1S/C16H27N3O2S/c1-3-6-18(8-9-20)16(21)17-11-13(2)19-7-4-15-14(12-19)5-10-22-15/h5,10,13,20H,3-4,6-9,11-12H2,1-2H3,(H,17,21). The molecule has 1 aromatic rings. The van der Waals surface area contributed by atoms with E-state index in [4.69, 9.17) is 5.11 Å². The van der Waals surface area contributed by atoms with Crippen LogP contribution in [0.3, 0.4) is 0 Å². The molecule has 0 radical (unpaired) electrons. The number of amides is 2. The van der Waals surface area contributed by atoms with Gasteiger partial charge in [-0.05, 0) is 36.8 Å². The molecular weight excluding hydrogens is 298 g/mol. The molecule has 2 rings (SSSR count). The molecule has 1 aromatic heterocycles. The Bertz CT molecular complexity index is 472. The summed E-state index contributed by atoms with van der Waals surface area (Å²) in [5.74, 6) is 0. The van der Waals surface area contributed by atoms with Crippen LogP contribution >= 0.6 is 11.3 Å². The summed E-state index contributed by atoms with van der Waals surface area (Å²) in [5.41, 5.74) is 1.43. The third kappa shape index (κ3) is 4.44. The molecule has 0 spiro atoms. The summed E-state index contributed by atoms with van der Waals surface area (Å²) in [6.07, 6.45) is 2.01. The summed E-state index contributed by atoms with van der Waals surface area (Å²) in [6.45, 7) is 7.96. The summed E-state index contributed by atoms with van der Waals surface area (Å²) in [4.78, 5) is 17.8. The quantitative estimate of drug-likeness (QED) is 0.805. The van der Waals surface area contributed by atoms with Crippen molar-refractivity contribution in [2.24, 2.45) is 0 Å². The lowest BCUT2D eigenvalue weighted by atomic mass is 10.1. The second-order valence-electron chi connectivity index (χ2n) is 5.84. The molecular formula is C16H27N3O2S. The minimum Gasteiger partial charge on any atom is -0.395 e. The summed E-state index contributed by atoms with van der Waals surface area (Å²) in [7, 11) is 0. The monoisotopic (exact) mass is 325 g/mol. The molecule has 22 heavy (non-hydrogen) atoms. The summed E-state index contributed by atoms with van der Waals surface area (Å²) >= 11 is 1.85. The van der Waals surface area contributed by atoms with Crippen molar-refractivity contribution in [3.05, 3.63) is 21.9 Å². The van der Waals surface area contributed by atoms with E-state index in [-0.39, 0.29) is 12.6 Å². The third-order valence-electron chi connectivity index (χ3n) is 4.16. The van der Waals surface area contributed by atoms with Crippen molar-refractivity contribution >= 4 is 17.4 Å². The van der Waals surface area contributed by atoms with Gasteiger partial charge in [0, 0.05) is 43.6 Å². The van der Waals surface area contributed by atoms with Crippen LogP contribution in [0.5, 0.6) is 0 Å². The maximum absolute atomic E-state index is 12.2. The molecule has 2 N–H and O–H groups in total. The van der Waals surface area contributed by atoms with Crippen molar-refractivity contribution in [3.8, 4) is 0 Å². The van der Waals surface area contributed by atoms with Crippen LogP contribution < -0.4 is 5.32 Å². The number of carbonyl (C=O) groups is 1. The highest BCUT2D eigenvalue weighted by atomic mass is 32.1. The van der Waals surface area contributed by atoms with Gasteiger partial charge in [-0.15, -0.1) is 11.3 Å². The predicted octanol–water partition coefficient (Wildman–Crippen LogP) is 1.91. The molecule has 1 unspecified atom stereocenters. The van der Waals surface area contributed by atoms with Gasteiger partial charge >= 0.3 is 6.03 Å². The highest BCUT2D eigenvalue weighted by molar-refractivity contribution is 7.10. The molecule has 1 aliphatic rings. The average molecular weight is 325 g/mol. The van der Waals surface area contributed by atoms with Gasteiger partial charge in [-0.2, -0.15) is 0 Å². The lowest BCUT2D eigenvalue weighted by Gasteiger charge is -2.33. The van der Waals surface area contributed by atoms with E-state index >= 15 is 0 Å². The maximum Gasteiger partial charge on any atom is 0.317 e. The minimum absolute atomic E-state index is 0.00995. The zero-order chi connectivity index (χ0) is 15.9. The van der Waals surface area contributed by atoms with Gasteiger partial charge in [-0.3, -0.25) is 4.90 Å². The fourth-order valence-corrected chi connectivity index (χ4v) is 3.72. The molecule has 5 nitrogen and oxygen atoms in total. The van der Waals surface area contributed by atoms with Crippen LogP contribution in [0.15, 0.2) is 11.4 Å². The van der Waals surface area contributed by atoms with Crippen LogP contribution in [0.2, 0.25) is 0 Å². The Labute approximate surface area is 136 Å². The number of rotatable bonds is 7. The number of nitrogens with one attached hydrogen (secondary N) is 1. The molecule has 0 aliphatic carbocycles. The molecule has 124 valence electrons. The van der Waals surface area contributed by atoms with Crippen molar-refractivity contribution in [3.63, 3.8) is 0 Å². The van der Waals surface area contributed by atoms with Gasteiger partial charge in [0.25, 0.3) is 0 Å². The number of fused-ring (bicyclic) bond motifs is 1. The first kappa shape index (κ1) is 17.2. The van der Waals surface area contributed by atoms with Crippen molar-refractivity contribution in [2.45, 2.75) is 39.3 Å². The molecule has 2 amide bonds. The van der Waals surface area contributed by atoms with Gasteiger partial charge in [0.2, 0.25) is 0 Å². The zero-order valence-electron chi connectivity index (χ0n) is 13.5. The van der Waals surface area contributed by atoms with Crippen LogP contribution in [-0.4, -0.2) is 59.8 Å². The Morgan fingerprint density at radius 1 is 1.55 bits per heavy atom. The fraction of sp³-hybridized carbons (Fsp3) is 0.688. The van der Waals surface area contributed by atoms with E-state index in [2.05, 4.69) is 28.6 Å². The Balaban J connectivity index is 1.80. The number of hydrogen-bond donors (Lipinski definition) is 2. The molecule has 1 aliphatic heterocycles. The number of nitrogens with zero attached hydrogens (tertiary/aromatic N) is 2. The number of urea groups is 1. The van der Waals surface area contributed by atoms with Gasteiger partial charge in [0.1, 0.15) is 0 Å². The molecule has 0 fully saturated rings. The van der Waals surface area contributed by atoms with E-state index < -0.39 is 0 Å². The molecule has 2 heterocycles. The van der Waals surface area contributed by atoms with Crippen LogP contribution in [0.4, 0.5) is 4.79 Å². The lowest BCUT2D eigenvalue weighted by molar-refractivity contribution is 0.163. The van der Waals surface area contributed by atoms with E-state index in [1.807, 2.05) is 18.3 Å². The second-order valence-corrected chi connectivity index (χ2v) is 6.84. The molecule has 0 aromatic carbocycles. The van der Waals surface area contributed by atoms with Gasteiger partial charge in [0.05, 0.1) is 6.61 Å². The average Bonchev–Trinajstić information content (AvgIpc) is 2.99. The first-order chi connectivity index (χ1) is 10.7. The van der Waals surface area contributed by atoms with E-state index in [0.717, 1.165) is 25.9 Å². The number of thiophene rings is 1. The highest BCUT2D eigenvalue weighted by Gasteiger charge is 2.22. The first-order valence-corrected chi connectivity index (χ1v) is 8.96. The van der Waals surface area contributed by atoms with Crippen molar-refractivity contribution in [1.29, 1.82) is 0 Å². The van der Waals surface area contributed by atoms with E-state index in [1.165, 1.54) is 10.4 Å². The smallest absolute Gasteiger partial charge is 0.317 e. The first-order valence-electron chi connectivity index (χ1n) is 8.08. The summed E-state index contributed by atoms with van der Waals surface area (Å²) < 4.78 is 0. The zero-order valence-corrected chi connectivity index (χ0v) is 14.4.